The van der Waals surface area contributed by atoms with Crippen molar-refractivity contribution in [2.24, 2.45) is 0 Å². The van der Waals surface area contributed by atoms with Crippen molar-refractivity contribution in [3.05, 3.63) is 63.7 Å². The van der Waals surface area contributed by atoms with Gasteiger partial charge in [0.15, 0.2) is 0 Å². The van der Waals surface area contributed by atoms with E-state index in [-0.39, 0.29) is 0 Å². The molecule has 0 radical (unpaired) electrons. The molecule has 0 aromatic heterocycles. The highest BCUT2D eigenvalue weighted by Gasteiger charge is 2.14. The average Bonchev–Trinajstić information content (AvgIpc) is 2.42. The third kappa shape index (κ3) is 3.45. The van der Waals surface area contributed by atoms with Crippen molar-refractivity contribution in [2.45, 2.75) is 40.2 Å². The first-order valence-corrected chi connectivity index (χ1v) is 7.31. The number of benzene rings is 2. The maximum absolute atomic E-state index is 10.6. The zero-order chi connectivity index (χ0) is 15.6. The monoisotopic (exact) mass is 284 g/mol. The van der Waals surface area contributed by atoms with Crippen LogP contribution in [0.4, 0.5) is 0 Å². The lowest BCUT2D eigenvalue weighted by molar-refractivity contribution is 0.178. The molecule has 2 aromatic rings. The quantitative estimate of drug-likeness (QED) is 0.911. The van der Waals surface area contributed by atoms with Gasteiger partial charge in [-0.2, -0.15) is 0 Å². The standard InChI is InChI=1S/C19H24O2/c1-12-6-7-13(2)16(8-12)11-18(20)17-9-14(3)19(21-5)15(4)10-17/h6-10,18,20H,11H2,1-5H3. The van der Waals surface area contributed by atoms with E-state index in [2.05, 4.69) is 32.0 Å². The summed E-state index contributed by atoms with van der Waals surface area (Å²) in [5.74, 6) is 0.901. The van der Waals surface area contributed by atoms with E-state index in [1.54, 1.807) is 7.11 Å². The molecule has 2 aromatic carbocycles. The number of hydrogen-bond donors (Lipinski definition) is 1. The molecular formula is C19H24O2. The molecule has 1 N–H and O–H groups in total. The van der Waals surface area contributed by atoms with Crippen molar-refractivity contribution in [3.8, 4) is 5.75 Å². The number of rotatable bonds is 4. The van der Waals surface area contributed by atoms with Crippen LogP contribution in [0.2, 0.25) is 0 Å². The molecule has 21 heavy (non-hydrogen) atoms. The third-order valence-corrected chi connectivity index (χ3v) is 3.99. The fourth-order valence-corrected chi connectivity index (χ4v) is 2.84. The van der Waals surface area contributed by atoms with Gasteiger partial charge in [0.05, 0.1) is 13.2 Å². The fraction of sp³-hybridized carbons (Fsp3) is 0.368. The van der Waals surface area contributed by atoms with Gasteiger partial charge in [-0.3, -0.25) is 0 Å². The molecule has 0 amide bonds. The second kappa shape index (κ2) is 6.31. The van der Waals surface area contributed by atoms with Crippen molar-refractivity contribution in [2.75, 3.05) is 7.11 Å². The van der Waals surface area contributed by atoms with Gasteiger partial charge in [-0.05, 0) is 67.6 Å². The highest BCUT2D eigenvalue weighted by Crippen LogP contribution is 2.29. The van der Waals surface area contributed by atoms with Crippen molar-refractivity contribution in [3.63, 3.8) is 0 Å². The number of aryl methyl sites for hydroxylation is 4. The molecule has 112 valence electrons. The van der Waals surface area contributed by atoms with E-state index >= 15 is 0 Å². The number of hydrogen-bond acceptors (Lipinski definition) is 2. The van der Waals surface area contributed by atoms with Gasteiger partial charge >= 0.3 is 0 Å². The molecule has 0 spiro atoms. The van der Waals surface area contributed by atoms with Gasteiger partial charge in [-0.25, -0.2) is 0 Å². The van der Waals surface area contributed by atoms with Gasteiger partial charge in [0.2, 0.25) is 0 Å². The number of aliphatic hydroxyl groups is 1. The Balaban J connectivity index is 2.28. The van der Waals surface area contributed by atoms with Crippen LogP contribution in [0.1, 0.15) is 39.5 Å². The van der Waals surface area contributed by atoms with Crippen molar-refractivity contribution >= 4 is 0 Å². The summed E-state index contributed by atoms with van der Waals surface area (Å²) >= 11 is 0. The van der Waals surface area contributed by atoms with Crippen LogP contribution in [0.5, 0.6) is 5.75 Å². The summed E-state index contributed by atoms with van der Waals surface area (Å²) in [6.45, 7) is 8.20. The Hall–Kier alpha value is -1.80. The second-order valence-electron chi connectivity index (χ2n) is 5.84. The van der Waals surface area contributed by atoms with Gasteiger partial charge in [0.25, 0.3) is 0 Å². The maximum atomic E-state index is 10.6. The van der Waals surface area contributed by atoms with Crippen LogP contribution in [0.3, 0.4) is 0 Å². The molecule has 1 atom stereocenters. The molecule has 0 aliphatic heterocycles. The summed E-state index contributed by atoms with van der Waals surface area (Å²) in [6, 6.07) is 10.4. The van der Waals surface area contributed by atoms with Gasteiger partial charge in [0.1, 0.15) is 5.75 Å². The average molecular weight is 284 g/mol. The molecule has 0 aliphatic carbocycles. The normalized spacial score (nSPS) is 12.3. The molecule has 0 saturated carbocycles. The van der Waals surface area contributed by atoms with Gasteiger partial charge in [-0.1, -0.05) is 23.8 Å². The van der Waals surface area contributed by atoms with Crippen LogP contribution in [-0.2, 0) is 6.42 Å². The molecule has 2 heteroatoms. The summed E-state index contributed by atoms with van der Waals surface area (Å²) in [7, 11) is 1.68. The SMILES string of the molecule is COc1c(C)cc(C(O)Cc2cc(C)ccc2C)cc1C. The molecule has 0 aliphatic rings. The van der Waals surface area contributed by atoms with Gasteiger partial charge in [-0.15, -0.1) is 0 Å². The van der Waals surface area contributed by atoms with E-state index in [4.69, 9.17) is 4.74 Å². The van der Waals surface area contributed by atoms with E-state index in [9.17, 15) is 5.11 Å². The van der Waals surface area contributed by atoms with E-state index in [0.717, 1.165) is 22.4 Å². The molecule has 2 nitrogen and oxygen atoms in total. The molecule has 1 unspecified atom stereocenters. The zero-order valence-electron chi connectivity index (χ0n) is 13.5. The summed E-state index contributed by atoms with van der Waals surface area (Å²) in [6.07, 6.45) is 0.146. The van der Waals surface area contributed by atoms with Crippen LogP contribution in [0, 0.1) is 27.7 Å². The second-order valence-corrected chi connectivity index (χ2v) is 5.84. The molecule has 0 fully saturated rings. The highest BCUT2D eigenvalue weighted by atomic mass is 16.5. The Bertz CT molecular complexity index is 621. The Morgan fingerprint density at radius 2 is 1.57 bits per heavy atom. The van der Waals surface area contributed by atoms with E-state index in [0.29, 0.717) is 6.42 Å². The van der Waals surface area contributed by atoms with E-state index in [1.807, 2.05) is 26.0 Å². The van der Waals surface area contributed by atoms with E-state index < -0.39 is 6.10 Å². The summed E-state index contributed by atoms with van der Waals surface area (Å²) in [4.78, 5) is 0. The van der Waals surface area contributed by atoms with Crippen LogP contribution in [0.25, 0.3) is 0 Å². The van der Waals surface area contributed by atoms with Crippen molar-refractivity contribution < 1.29 is 9.84 Å². The minimum absolute atomic E-state index is 0.492. The van der Waals surface area contributed by atoms with Crippen LogP contribution >= 0.6 is 0 Å². The Morgan fingerprint density at radius 1 is 0.952 bits per heavy atom. The molecule has 0 saturated heterocycles. The number of aliphatic hydroxyl groups excluding tert-OH is 1. The van der Waals surface area contributed by atoms with Gasteiger partial charge in [0, 0.05) is 6.42 Å². The lowest BCUT2D eigenvalue weighted by Crippen LogP contribution is -2.05. The van der Waals surface area contributed by atoms with Crippen molar-refractivity contribution in [1.29, 1.82) is 0 Å². The summed E-state index contributed by atoms with van der Waals surface area (Å²) in [5.41, 5.74) is 6.73. The Morgan fingerprint density at radius 3 is 2.14 bits per heavy atom. The van der Waals surface area contributed by atoms with Crippen LogP contribution in [0.15, 0.2) is 30.3 Å². The van der Waals surface area contributed by atoms with Crippen molar-refractivity contribution in [1.82, 2.24) is 0 Å². The first-order chi connectivity index (χ1) is 9.92. The minimum Gasteiger partial charge on any atom is -0.496 e. The first kappa shape index (κ1) is 15.6. The largest absolute Gasteiger partial charge is 0.496 e. The predicted molar refractivity (Wildman–Crippen MR) is 87.0 cm³/mol. The number of ether oxygens (including phenoxy) is 1. The highest BCUT2D eigenvalue weighted by molar-refractivity contribution is 5.44. The Labute approximate surface area is 127 Å². The summed E-state index contributed by atoms with van der Waals surface area (Å²) < 4.78 is 5.38. The van der Waals surface area contributed by atoms with Crippen LogP contribution < -0.4 is 4.74 Å². The van der Waals surface area contributed by atoms with Crippen LogP contribution in [-0.4, -0.2) is 12.2 Å². The fourth-order valence-electron chi connectivity index (χ4n) is 2.84. The lowest BCUT2D eigenvalue weighted by Gasteiger charge is -2.17. The summed E-state index contributed by atoms with van der Waals surface area (Å²) in [5, 5.41) is 10.6. The lowest BCUT2D eigenvalue weighted by atomic mass is 9.94. The molecule has 0 bridgehead atoms. The van der Waals surface area contributed by atoms with E-state index in [1.165, 1.54) is 16.7 Å². The Kier molecular flexibility index (Phi) is 4.69. The smallest absolute Gasteiger partial charge is 0.124 e. The number of methoxy groups -OCH3 is 1. The molecule has 2 rings (SSSR count). The molecular weight excluding hydrogens is 260 g/mol. The zero-order valence-corrected chi connectivity index (χ0v) is 13.5. The maximum Gasteiger partial charge on any atom is 0.124 e. The van der Waals surface area contributed by atoms with Gasteiger partial charge < -0.3 is 9.84 Å². The topological polar surface area (TPSA) is 29.5 Å². The predicted octanol–water partition coefficient (Wildman–Crippen LogP) is 4.20. The minimum atomic E-state index is -0.492. The molecule has 0 heterocycles. The third-order valence-electron chi connectivity index (χ3n) is 3.99. The first-order valence-electron chi connectivity index (χ1n) is 7.31.